The molecule has 0 aromatic carbocycles. The van der Waals surface area contributed by atoms with E-state index < -0.39 is 84.6 Å². The maximum absolute atomic E-state index is 13.4. The smallest absolute Gasteiger partial charge is 0.330 e. The molecule has 4 heterocycles. The number of methoxy groups -OCH3 is 1. The number of fused-ring (bicyclic) bond motifs is 6. The molecule has 0 spiro atoms. The molecule has 0 aromatic rings. The molecule has 3 saturated heterocycles. The fourth-order valence-electron chi connectivity index (χ4n) is 8.08. The first-order chi connectivity index (χ1) is 27.7. The van der Waals surface area contributed by atoms with Crippen molar-refractivity contribution in [2.75, 3.05) is 20.3 Å². The molecular weight excluding hydrogens is 756 g/mol. The van der Waals surface area contributed by atoms with Crippen LogP contribution in [0.2, 0.25) is 0 Å². The van der Waals surface area contributed by atoms with E-state index in [2.05, 4.69) is 13.5 Å². The number of unbranched alkanes of at least 4 members (excludes halogenated alkanes) is 4. The maximum atomic E-state index is 13.4. The van der Waals surface area contributed by atoms with E-state index in [-0.39, 0.29) is 62.9 Å². The summed E-state index contributed by atoms with van der Waals surface area (Å²) in [5.41, 5.74) is -1.22. The van der Waals surface area contributed by atoms with Gasteiger partial charge in [-0.05, 0) is 43.8 Å². The summed E-state index contributed by atoms with van der Waals surface area (Å²) in [6.07, 6.45) is 5.95. The monoisotopic (exact) mass is 822 g/mol. The standard InChI is InChI=1S/C43H66O15/c1-6-8-9-10-11-15-36(46)57-41-28(20-37(47)51-5)19-34-25-35(27-44)54-39(49)22-29(45)21-30-13-12-14-31(53-30)23-32-24-33(26-38(48)52-18-7-2)56-40(55-32)16-17-42(3,4)43(41,50)58-34/h7,16-17,20,29-35,40-41,44-45,50H,2,6,8-15,18-19,21-27H2,1,3-5H3/t29-,30+,31?,32?,33?,34+,35?,40-,41+,43-/m1/s1. The average Bonchev–Trinajstić information content (AvgIpc) is 3.16. The fourth-order valence-corrected chi connectivity index (χ4v) is 8.08. The SMILES string of the molecule is C=CCOC(=O)CC1CC2CC3CCC[C@@H](C[C@@H](O)CC(=O)OC(CO)C[C@@H]4CC(=CC(=O)OC)[C@H](OC(=O)CCCCCCC)[C@@](O)(O4)C(C)(C)C=C[C@@H](O1)O2)O3. The molecule has 0 saturated carbocycles. The summed E-state index contributed by atoms with van der Waals surface area (Å²) in [5.74, 6) is -4.90. The molecule has 6 bridgehead atoms. The van der Waals surface area contributed by atoms with Crippen LogP contribution in [0.3, 0.4) is 0 Å². The third-order valence-electron chi connectivity index (χ3n) is 11.2. The molecule has 58 heavy (non-hydrogen) atoms. The van der Waals surface area contributed by atoms with E-state index in [9.17, 15) is 34.5 Å². The van der Waals surface area contributed by atoms with Gasteiger partial charge in [0.1, 0.15) is 12.7 Å². The van der Waals surface area contributed by atoms with E-state index in [0.717, 1.165) is 44.6 Å². The minimum absolute atomic E-state index is 0.0449. The number of esters is 4. The summed E-state index contributed by atoms with van der Waals surface area (Å²) < 4.78 is 47.3. The van der Waals surface area contributed by atoms with Crippen molar-refractivity contribution in [3.05, 3.63) is 36.5 Å². The van der Waals surface area contributed by atoms with Gasteiger partial charge in [0.05, 0.1) is 63.2 Å². The summed E-state index contributed by atoms with van der Waals surface area (Å²) in [6.45, 7) is 8.47. The van der Waals surface area contributed by atoms with E-state index >= 15 is 0 Å². The molecule has 0 amide bonds. The minimum atomic E-state index is -2.35. The number of rotatable bonds is 13. The number of hydrogen-bond donors (Lipinski definition) is 3. The fraction of sp³-hybridized carbons (Fsp3) is 0.767. The van der Waals surface area contributed by atoms with Crippen molar-refractivity contribution in [3.8, 4) is 0 Å². The Labute approximate surface area is 342 Å². The van der Waals surface area contributed by atoms with E-state index in [1.54, 1.807) is 26.0 Å². The zero-order chi connectivity index (χ0) is 42.3. The summed E-state index contributed by atoms with van der Waals surface area (Å²) >= 11 is 0. The van der Waals surface area contributed by atoms with Gasteiger partial charge in [-0.15, -0.1) is 0 Å². The lowest BCUT2D eigenvalue weighted by Gasteiger charge is -2.51. The quantitative estimate of drug-likeness (QED) is 0.0750. The number of cyclic esters (lactones) is 1. The first-order valence-electron chi connectivity index (χ1n) is 21.0. The Morgan fingerprint density at radius 2 is 1.66 bits per heavy atom. The van der Waals surface area contributed by atoms with Crippen LogP contribution in [0.5, 0.6) is 0 Å². The molecule has 15 nitrogen and oxygen atoms in total. The lowest BCUT2D eigenvalue weighted by atomic mass is 9.74. The second kappa shape index (κ2) is 23.0. The molecule has 3 N–H and O–H groups in total. The highest BCUT2D eigenvalue weighted by molar-refractivity contribution is 5.83. The second-order valence-corrected chi connectivity index (χ2v) is 16.5. The summed E-state index contributed by atoms with van der Waals surface area (Å²) in [6, 6.07) is 0. The van der Waals surface area contributed by atoms with Gasteiger partial charge in [-0.1, -0.05) is 65.2 Å². The van der Waals surface area contributed by atoms with E-state index in [0.29, 0.717) is 25.7 Å². The van der Waals surface area contributed by atoms with Crippen LogP contribution in [-0.2, 0) is 57.1 Å². The van der Waals surface area contributed by atoms with E-state index in [4.69, 9.17) is 37.9 Å². The third-order valence-corrected chi connectivity index (χ3v) is 11.2. The Hall–Kier alpha value is -3.18. The number of ether oxygens (including phenoxy) is 8. The average molecular weight is 823 g/mol. The molecule has 0 aliphatic carbocycles. The predicted octanol–water partition coefficient (Wildman–Crippen LogP) is 4.81. The Morgan fingerprint density at radius 3 is 2.36 bits per heavy atom. The molecule has 10 atom stereocenters. The summed E-state index contributed by atoms with van der Waals surface area (Å²) in [7, 11) is 1.20. The number of aliphatic hydroxyl groups is 3. The van der Waals surface area contributed by atoms with Crippen molar-refractivity contribution in [1.82, 2.24) is 0 Å². The molecule has 4 aliphatic rings. The van der Waals surface area contributed by atoms with Crippen molar-refractivity contribution in [2.24, 2.45) is 5.41 Å². The van der Waals surface area contributed by atoms with Crippen LogP contribution in [0.1, 0.15) is 124 Å². The molecule has 15 heteroatoms. The number of hydrogen-bond acceptors (Lipinski definition) is 15. The first kappa shape index (κ1) is 47.5. The van der Waals surface area contributed by atoms with Gasteiger partial charge in [0, 0.05) is 43.6 Å². The van der Waals surface area contributed by atoms with Crippen molar-refractivity contribution in [3.63, 3.8) is 0 Å². The third kappa shape index (κ3) is 14.2. The largest absolute Gasteiger partial charge is 0.466 e. The highest BCUT2D eigenvalue weighted by atomic mass is 16.7. The highest BCUT2D eigenvalue weighted by Gasteiger charge is 2.57. The van der Waals surface area contributed by atoms with Crippen LogP contribution in [0.15, 0.2) is 36.5 Å². The molecular formula is C43H66O15. The Morgan fingerprint density at radius 1 is 0.931 bits per heavy atom. The zero-order valence-corrected chi connectivity index (χ0v) is 34.7. The number of aliphatic hydroxyl groups excluding tert-OH is 2. The Bertz CT molecular complexity index is 1430. The second-order valence-electron chi connectivity index (χ2n) is 16.5. The molecule has 3 fully saturated rings. The predicted molar refractivity (Wildman–Crippen MR) is 209 cm³/mol. The molecule has 4 unspecified atom stereocenters. The van der Waals surface area contributed by atoms with E-state index in [1.165, 1.54) is 13.2 Å². The van der Waals surface area contributed by atoms with Crippen LogP contribution in [0.25, 0.3) is 0 Å². The van der Waals surface area contributed by atoms with Gasteiger partial charge in [0.2, 0.25) is 5.79 Å². The van der Waals surface area contributed by atoms with Crippen LogP contribution in [0.4, 0.5) is 0 Å². The maximum Gasteiger partial charge on any atom is 0.330 e. The molecule has 4 rings (SSSR count). The van der Waals surface area contributed by atoms with Gasteiger partial charge in [0.15, 0.2) is 12.4 Å². The first-order valence-corrected chi connectivity index (χ1v) is 21.0. The van der Waals surface area contributed by atoms with Crippen molar-refractivity contribution in [2.45, 2.75) is 184 Å². The minimum Gasteiger partial charge on any atom is -0.466 e. The van der Waals surface area contributed by atoms with Crippen LogP contribution in [0, 0.1) is 5.41 Å². The lowest BCUT2D eigenvalue weighted by Crippen LogP contribution is -2.62. The van der Waals surface area contributed by atoms with Gasteiger partial charge in [-0.2, -0.15) is 0 Å². The summed E-state index contributed by atoms with van der Waals surface area (Å²) in [4.78, 5) is 52.0. The van der Waals surface area contributed by atoms with Crippen LogP contribution >= 0.6 is 0 Å². The zero-order valence-electron chi connectivity index (χ0n) is 34.7. The number of carbonyl (C=O) groups excluding carboxylic acids is 4. The van der Waals surface area contributed by atoms with Gasteiger partial charge in [0.25, 0.3) is 0 Å². The summed E-state index contributed by atoms with van der Waals surface area (Å²) in [5, 5.41) is 34.0. The molecule has 4 aliphatic heterocycles. The van der Waals surface area contributed by atoms with Gasteiger partial charge in [-0.3, -0.25) is 14.4 Å². The molecule has 0 aromatic heterocycles. The van der Waals surface area contributed by atoms with Crippen molar-refractivity contribution in [1.29, 1.82) is 0 Å². The Kier molecular flexibility index (Phi) is 18.8. The van der Waals surface area contributed by atoms with Crippen LogP contribution in [-0.4, -0.2) is 120 Å². The van der Waals surface area contributed by atoms with Gasteiger partial charge >= 0.3 is 23.9 Å². The lowest BCUT2D eigenvalue weighted by molar-refractivity contribution is -0.327. The van der Waals surface area contributed by atoms with Crippen molar-refractivity contribution < 1.29 is 72.4 Å². The van der Waals surface area contributed by atoms with Gasteiger partial charge < -0.3 is 53.2 Å². The van der Waals surface area contributed by atoms with Gasteiger partial charge in [-0.25, -0.2) is 4.79 Å². The molecule has 0 radical (unpaired) electrons. The topological polar surface area (TPSA) is 203 Å². The molecule has 328 valence electrons. The van der Waals surface area contributed by atoms with Crippen molar-refractivity contribution >= 4 is 23.9 Å². The number of carbonyl (C=O) groups is 4. The van der Waals surface area contributed by atoms with E-state index in [1.807, 2.05) is 0 Å². The normalized spacial score (nSPS) is 33.9. The van der Waals surface area contributed by atoms with Crippen LogP contribution < -0.4 is 0 Å². The Balaban J connectivity index is 1.74. The highest BCUT2D eigenvalue weighted by Crippen LogP contribution is 2.47.